The first-order chi connectivity index (χ1) is 8.56. The number of nitrogens with one attached hydrogen (secondary N) is 2. The molecule has 0 radical (unpaired) electrons. The van der Waals surface area contributed by atoms with Gasteiger partial charge in [0.05, 0.1) is 11.3 Å². The van der Waals surface area contributed by atoms with Crippen LogP contribution in [0.15, 0.2) is 0 Å². The first-order valence-electron chi connectivity index (χ1n) is 6.93. The summed E-state index contributed by atoms with van der Waals surface area (Å²) in [6.45, 7) is 5.67. The smallest absolute Gasteiger partial charge is 0.213 e. The largest absolute Gasteiger partial charge is 0.386 e. The Labute approximate surface area is 116 Å². The van der Waals surface area contributed by atoms with Gasteiger partial charge >= 0.3 is 0 Å². The quantitative estimate of drug-likeness (QED) is 0.419. The third-order valence-corrected chi connectivity index (χ3v) is 5.39. The first kappa shape index (κ1) is 16.4. The van der Waals surface area contributed by atoms with Crippen LogP contribution in [-0.4, -0.2) is 25.5 Å². The number of sulfonamides is 1. The molecule has 6 heteroatoms. The van der Waals surface area contributed by atoms with E-state index in [0.717, 1.165) is 25.7 Å². The Balaban J connectivity index is 2.92. The standard InChI is InChI=1S/C13H27N3O2S/c1-12(2,3)10-19(17,18)16-13(11(14)15)8-6-4-5-7-9-13/h16H,4-10H2,1-3H3,(H3,14,15). The van der Waals surface area contributed by atoms with Crippen LogP contribution in [0.2, 0.25) is 0 Å². The number of rotatable bonds is 4. The molecule has 0 spiro atoms. The molecule has 0 aromatic rings. The second-order valence-electron chi connectivity index (χ2n) is 6.83. The molecule has 0 aromatic carbocycles. The van der Waals surface area contributed by atoms with Crippen LogP contribution in [0.4, 0.5) is 0 Å². The van der Waals surface area contributed by atoms with E-state index < -0.39 is 15.6 Å². The molecule has 1 aliphatic carbocycles. The molecule has 1 saturated carbocycles. The van der Waals surface area contributed by atoms with Crippen molar-refractivity contribution in [3.8, 4) is 0 Å². The van der Waals surface area contributed by atoms with Crippen LogP contribution >= 0.6 is 0 Å². The summed E-state index contributed by atoms with van der Waals surface area (Å²) < 4.78 is 27.3. The van der Waals surface area contributed by atoms with Crippen molar-refractivity contribution < 1.29 is 8.42 Å². The maximum Gasteiger partial charge on any atom is 0.213 e. The topological polar surface area (TPSA) is 96.0 Å². The van der Waals surface area contributed by atoms with Gasteiger partial charge < -0.3 is 5.73 Å². The SMILES string of the molecule is CC(C)(C)CS(=O)(=O)NC1(C(=N)N)CCCCCC1. The third kappa shape index (κ3) is 5.10. The van der Waals surface area contributed by atoms with Crippen molar-refractivity contribution in [2.75, 3.05) is 5.75 Å². The molecular weight excluding hydrogens is 262 g/mol. The van der Waals surface area contributed by atoms with Gasteiger partial charge in [-0.25, -0.2) is 13.1 Å². The Hall–Kier alpha value is -0.620. The summed E-state index contributed by atoms with van der Waals surface area (Å²) in [5.41, 5.74) is 4.53. The van der Waals surface area contributed by atoms with E-state index in [4.69, 9.17) is 11.1 Å². The minimum Gasteiger partial charge on any atom is -0.386 e. The maximum absolute atomic E-state index is 12.3. The van der Waals surface area contributed by atoms with Gasteiger partial charge in [-0.1, -0.05) is 46.5 Å². The number of amidine groups is 1. The highest BCUT2D eigenvalue weighted by molar-refractivity contribution is 7.89. The van der Waals surface area contributed by atoms with Crippen molar-refractivity contribution in [1.29, 1.82) is 5.41 Å². The van der Waals surface area contributed by atoms with Crippen LogP contribution in [0.1, 0.15) is 59.3 Å². The maximum atomic E-state index is 12.3. The fourth-order valence-corrected chi connectivity index (χ4v) is 4.78. The summed E-state index contributed by atoms with van der Waals surface area (Å²) in [6.07, 6.45) is 5.25. The van der Waals surface area contributed by atoms with E-state index in [0.29, 0.717) is 12.8 Å². The monoisotopic (exact) mass is 289 g/mol. The van der Waals surface area contributed by atoms with Crippen LogP contribution in [0.25, 0.3) is 0 Å². The van der Waals surface area contributed by atoms with E-state index in [1.54, 1.807) is 0 Å². The molecule has 0 saturated heterocycles. The lowest BCUT2D eigenvalue weighted by Crippen LogP contribution is -2.57. The van der Waals surface area contributed by atoms with Crippen LogP contribution in [0.3, 0.4) is 0 Å². The Kier molecular flexibility index (Phi) is 5.01. The van der Waals surface area contributed by atoms with E-state index >= 15 is 0 Å². The van der Waals surface area contributed by atoms with Crippen molar-refractivity contribution in [3.05, 3.63) is 0 Å². The summed E-state index contributed by atoms with van der Waals surface area (Å²) in [4.78, 5) is 0. The molecule has 4 N–H and O–H groups in total. The molecule has 0 atom stereocenters. The number of hydrogen-bond donors (Lipinski definition) is 3. The molecule has 0 aliphatic heterocycles. The zero-order valence-electron chi connectivity index (χ0n) is 12.3. The van der Waals surface area contributed by atoms with E-state index in [1.807, 2.05) is 20.8 Å². The van der Waals surface area contributed by atoms with Gasteiger partial charge in [-0.2, -0.15) is 0 Å². The van der Waals surface area contributed by atoms with Crippen molar-refractivity contribution in [1.82, 2.24) is 4.72 Å². The van der Waals surface area contributed by atoms with E-state index in [9.17, 15) is 8.42 Å². The molecular formula is C13H27N3O2S. The molecule has 0 bridgehead atoms. The Bertz CT molecular complexity index is 416. The molecule has 19 heavy (non-hydrogen) atoms. The predicted molar refractivity (Wildman–Crippen MR) is 78.7 cm³/mol. The molecule has 1 rings (SSSR count). The molecule has 0 unspecified atom stereocenters. The van der Waals surface area contributed by atoms with Crippen LogP contribution in [0, 0.1) is 10.8 Å². The normalized spacial score (nSPS) is 20.8. The van der Waals surface area contributed by atoms with Gasteiger partial charge in [0, 0.05) is 0 Å². The van der Waals surface area contributed by atoms with Gasteiger partial charge in [-0.3, -0.25) is 5.41 Å². The zero-order valence-corrected chi connectivity index (χ0v) is 13.1. The van der Waals surface area contributed by atoms with E-state index in [1.165, 1.54) is 0 Å². The van der Waals surface area contributed by atoms with Gasteiger partial charge in [-0.15, -0.1) is 0 Å². The minimum atomic E-state index is -3.43. The van der Waals surface area contributed by atoms with Gasteiger partial charge in [-0.05, 0) is 18.3 Å². The highest BCUT2D eigenvalue weighted by Crippen LogP contribution is 2.28. The third-order valence-electron chi connectivity index (χ3n) is 3.45. The summed E-state index contributed by atoms with van der Waals surface area (Å²) in [6, 6.07) is 0. The molecule has 1 fully saturated rings. The van der Waals surface area contributed by atoms with Crippen LogP contribution < -0.4 is 10.5 Å². The Morgan fingerprint density at radius 1 is 1.21 bits per heavy atom. The van der Waals surface area contributed by atoms with Crippen LogP contribution in [0.5, 0.6) is 0 Å². The second-order valence-corrected chi connectivity index (χ2v) is 8.55. The van der Waals surface area contributed by atoms with E-state index in [2.05, 4.69) is 4.72 Å². The van der Waals surface area contributed by atoms with Gasteiger partial charge in [0.15, 0.2) is 0 Å². The average Bonchev–Trinajstić information content (AvgIpc) is 2.39. The molecule has 112 valence electrons. The summed E-state index contributed by atoms with van der Waals surface area (Å²) >= 11 is 0. The Morgan fingerprint density at radius 2 is 1.68 bits per heavy atom. The van der Waals surface area contributed by atoms with Gasteiger partial charge in [0.25, 0.3) is 0 Å². The highest BCUT2D eigenvalue weighted by Gasteiger charge is 2.39. The molecule has 0 aromatic heterocycles. The molecule has 5 nitrogen and oxygen atoms in total. The minimum absolute atomic E-state index is 0.0492. The second kappa shape index (κ2) is 5.79. The number of hydrogen-bond acceptors (Lipinski definition) is 3. The highest BCUT2D eigenvalue weighted by atomic mass is 32.2. The number of nitrogens with two attached hydrogens (primary N) is 1. The molecule has 0 heterocycles. The lowest BCUT2D eigenvalue weighted by molar-refractivity contribution is 0.417. The van der Waals surface area contributed by atoms with Crippen molar-refractivity contribution >= 4 is 15.9 Å². The lowest BCUT2D eigenvalue weighted by atomic mass is 9.90. The summed E-state index contributed by atoms with van der Waals surface area (Å²) in [5, 5.41) is 7.80. The summed E-state index contributed by atoms with van der Waals surface area (Å²) in [7, 11) is -3.43. The fourth-order valence-electron chi connectivity index (χ4n) is 2.66. The zero-order chi connectivity index (χ0) is 14.7. The van der Waals surface area contributed by atoms with Gasteiger partial charge in [0.1, 0.15) is 5.84 Å². The first-order valence-corrected chi connectivity index (χ1v) is 8.58. The van der Waals surface area contributed by atoms with Crippen molar-refractivity contribution in [2.45, 2.75) is 64.8 Å². The predicted octanol–water partition coefficient (Wildman–Crippen LogP) is 1.98. The molecule has 0 amide bonds. The van der Waals surface area contributed by atoms with Crippen molar-refractivity contribution in [2.24, 2.45) is 11.1 Å². The lowest BCUT2D eigenvalue weighted by Gasteiger charge is -2.33. The fraction of sp³-hybridized carbons (Fsp3) is 0.923. The van der Waals surface area contributed by atoms with E-state index in [-0.39, 0.29) is 17.0 Å². The Morgan fingerprint density at radius 3 is 2.05 bits per heavy atom. The average molecular weight is 289 g/mol. The molecule has 1 aliphatic rings. The summed E-state index contributed by atoms with van der Waals surface area (Å²) in [5.74, 6) is 0.00144. The van der Waals surface area contributed by atoms with Gasteiger partial charge in [0.2, 0.25) is 10.0 Å². The van der Waals surface area contributed by atoms with Crippen molar-refractivity contribution in [3.63, 3.8) is 0 Å². The van der Waals surface area contributed by atoms with Crippen LogP contribution in [-0.2, 0) is 10.0 Å².